The van der Waals surface area contributed by atoms with E-state index in [2.05, 4.69) is 29.0 Å². The topological polar surface area (TPSA) is 43.9 Å². The van der Waals surface area contributed by atoms with Crippen molar-refractivity contribution in [2.45, 2.75) is 57.9 Å². The van der Waals surface area contributed by atoms with Crippen molar-refractivity contribution in [3.05, 3.63) is 35.7 Å². The van der Waals surface area contributed by atoms with E-state index in [1.165, 1.54) is 50.5 Å². The molecule has 1 aliphatic rings. The number of aromatic amines is 2. The second-order valence-electron chi connectivity index (χ2n) is 6.14. The summed E-state index contributed by atoms with van der Waals surface area (Å²) in [4.78, 5) is 11.6. The second kappa shape index (κ2) is 8.23. The Bertz CT molecular complexity index is 576. The van der Waals surface area contributed by atoms with Gasteiger partial charge in [-0.05, 0) is 43.5 Å². The first-order valence-corrected chi connectivity index (χ1v) is 8.19. The zero-order chi connectivity index (χ0) is 14.5. The number of hydrogen-bond acceptors (Lipinski definition) is 1. The number of aliphatic imine (C=N–C) groups is 1. The highest BCUT2D eigenvalue weighted by Crippen LogP contribution is 2.21. The van der Waals surface area contributed by atoms with E-state index in [1.54, 1.807) is 0 Å². The number of nitrogens with zero attached hydrogens (tertiary/aromatic N) is 1. The Morgan fingerprint density at radius 1 is 1.09 bits per heavy atom. The van der Waals surface area contributed by atoms with E-state index in [9.17, 15) is 0 Å². The number of nitrogens with one attached hydrogen (secondary N) is 2. The van der Waals surface area contributed by atoms with Gasteiger partial charge in [0.2, 0.25) is 0 Å². The lowest BCUT2D eigenvalue weighted by molar-refractivity contribution is 0.456. The molecule has 0 bridgehead atoms. The maximum absolute atomic E-state index is 4.84. The molecule has 0 spiro atoms. The fourth-order valence-corrected chi connectivity index (χ4v) is 3.11. The van der Waals surface area contributed by atoms with E-state index >= 15 is 0 Å². The van der Waals surface area contributed by atoms with Crippen molar-refractivity contribution < 1.29 is 0 Å². The van der Waals surface area contributed by atoms with Gasteiger partial charge in [-0.2, -0.15) is 0 Å². The largest absolute Gasteiger partial charge is 0.360 e. The zero-order valence-corrected chi connectivity index (χ0v) is 14.1. The maximum atomic E-state index is 4.84. The molecule has 2 aromatic heterocycles. The first kappa shape index (κ1) is 16.9. The van der Waals surface area contributed by atoms with Gasteiger partial charge in [0.15, 0.2) is 0 Å². The molecule has 120 valence electrons. The van der Waals surface area contributed by atoms with Gasteiger partial charge in [0.1, 0.15) is 0 Å². The van der Waals surface area contributed by atoms with Gasteiger partial charge >= 0.3 is 0 Å². The molecule has 0 aliphatic heterocycles. The molecular weight excluding hydrogens is 294 g/mol. The van der Waals surface area contributed by atoms with Gasteiger partial charge in [-0.15, -0.1) is 12.4 Å². The summed E-state index contributed by atoms with van der Waals surface area (Å²) in [7, 11) is 0. The lowest BCUT2D eigenvalue weighted by Gasteiger charge is -2.15. The molecule has 0 atom stereocenters. The van der Waals surface area contributed by atoms with Gasteiger partial charge in [-0.3, -0.25) is 4.99 Å². The molecule has 0 radical (unpaired) electrons. The van der Waals surface area contributed by atoms with Gasteiger partial charge in [0, 0.05) is 12.4 Å². The van der Waals surface area contributed by atoms with Crippen LogP contribution in [0.1, 0.15) is 56.2 Å². The Labute approximate surface area is 139 Å². The van der Waals surface area contributed by atoms with Crippen molar-refractivity contribution >= 4 is 18.6 Å². The molecular formula is C18H26ClN3. The lowest BCUT2D eigenvalue weighted by atomic mass is 9.97. The van der Waals surface area contributed by atoms with Gasteiger partial charge < -0.3 is 9.97 Å². The molecule has 3 rings (SSSR count). The Hall–Kier alpha value is -1.48. The van der Waals surface area contributed by atoms with E-state index in [-0.39, 0.29) is 12.4 Å². The average molecular weight is 320 g/mol. The predicted molar refractivity (Wildman–Crippen MR) is 96.3 cm³/mol. The molecule has 0 unspecified atom stereocenters. The monoisotopic (exact) mass is 319 g/mol. The molecule has 1 aliphatic carbocycles. The van der Waals surface area contributed by atoms with Gasteiger partial charge in [-0.1, -0.05) is 32.1 Å². The van der Waals surface area contributed by atoms with Crippen molar-refractivity contribution in [3.63, 3.8) is 0 Å². The van der Waals surface area contributed by atoms with E-state index in [1.807, 2.05) is 18.5 Å². The minimum Gasteiger partial charge on any atom is -0.360 e. The molecule has 0 saturated heterocycles. The van der Waals surface area contributed by atoms with Gasteiger partial charge in [0.25, 0.3) is 0 Å². The third kappa shape index (κ3) is 4.26. The molecule has 1 fully saturated rings. The van der Waals surface area contributed by atoms with E-state index < -0.39 is 0 Å². The Morgan fingerprint density at radius 3 is 2.50 bits per heavy atom. The summed E-state index contributed by atoms with van der Waals surface area (Å²) in [5.74, 6) is 0. The summed E-state index contributed by atoms with van der Waals surface area (Å²) in [6.45, 7) is 2.14. The van der Waals surface area contributed by atoms with Crippen LogP contribution >= 0.6 is 12.4 Å². The number of halogens is 1. The van der Waals surface area contributed by atoms with Crippen LogP contribution in [0.5, 0.6) is 0 Å². The van der Waals surface area contributed by atoms with Crippen molar-refractivity contribution in [3.8, 4) is 11.4 Å². The van der Waals surface area contributed by atoms with E-state index in [0.717, 1.165) is 17.1 Å². The molecule has 1 saturated carbocycles. The molecule has 22 heavy (non-hydrogen) atoms. The molecule has 0 amide bonds. The zero-order valence-electron chi connectivity index (χ0n) is 13.3. The Balaban J connectivity index is 0.00000176. The smallest absolute Gasteiger partial charge is 0.0627 e. The molecule has 0 aromatic carbocycles. The van der Waals surface area contributed by atoms with Crippen LogP contribution in [0.2, 0.25) is 0 Å². The van der Waals surface area contributed by atoms with Gasteiger partial charge in [-0.25, -0.2) is 0 Å². The van der Waals surface area contributed by atoms with Crippen LogP contribution in [0.4, 0.5) is 0 Å². The van der Waals surface area contributed by atoms with Crippen molar-refractivity contribution in [1.82, 2.24) is 9.97 Å². The number of aromatic nitrogens is 2. The predicted octanol–water partition coefficient (Wildman–Crippen LogP) is 5.27. The molecule has 4 heteroatoms. The SMILES string of the molecule is Cc1cc(-c2ccc[nH]2)[nH]c1C=NC1CCCCCCC1.Cl. The van der Waals surface area contributed by atoms with Crippen molar-refractivity contribution in [1.29, 1.82) is 0 Å². The molecule has 2 N–H and O–H groups in total. The standard InChI is InChI=1S/C18H25N3.ClH/c1-14-12-17(16-10-7-11-19-16)21-18(14)13-20-15-8-5-3-2-4-6-9-15;/h7,10-13,15,19,21H,2-6,8-9H2,1H3;1H. The lowest BCUT2D eigenvalue weighted by Crippen LogP contribution is -2.07. The summed E-state index contributed by atoms with van der Waals surface area (Å²) in [5.41, 5.74) is 4.66. The Kier molecular flexibility index (Phi) is 6.32. The molecule has 2 heterocycles. The normalized spacial score (nSPS) is 17.1. The summed E-state index contributed by atoms with van der Waals surface area (Å²) < 4.78 is 0. The summed E-state index contributed by atoms with van der Waals surface area (Å²) >= 11 is 0. The number of aryl methyl sites for hydroxylation is 1. The van der Waals surface area contributed by atoms with Crippen molar-refractivity contribution in [2.24, 2.45) is 4.99 Å². The van der Waals surface area contributed by atoms with Crippen LogP contribution in [0.15, 0.2) is 29.4 Å². The van der Waals surface area contributed by atoms with Crippen LogP contribution in [-0.4, -0.2) is 22.2 Å². The summed E-state index contributed by atoms with van der Waals surface area (Å²) in [5, 5.41) is 0. The first-order chi connectivity index (χ1) is 10.3. The highest BCUT2D eigenvalue weighted by Gasteiger charge is 2.10. The third-order valence-corrected chi connectivity index (χ3v) is 4.43. The van der Waals surface area contributed by atoms with Gasteiger partial charge in [0.05, 0.1) is 23.1 Å². The number of hydrogen-bond donors (Lipinski definition) is 2. The third-order valence-electron chi connectivity index (χ3n) is 4.43. The van der Waals surface area contributed by atoms with Crippen LogP contribution in [-0.2, 0) is 0 Å². The maximum Gasteiger partial charge on any atom is 0.0627 e. The fraction of sp³-hybridized carbons (Fsp3) is 0.500. The highest BCUT2D eigenvalue weighted by molar-refractivity contribution is 5.85. The van der Waals surface area contributed by atoms with Crippen LogP contribution in [0, 0.1) is 6.92 Å². The molecule has 3 nitrogen and oxygen atoms in total. The van der Waals surface area contributed by atoms with Crippen LogP contribution < -0.4 is 0 Å². The van der Waals surface area contributed by atoms with E-state index in [0.29, 0.717) is 6.04 Å². The summed E-state index contributed by atoms with van der Waals surface area (Å²) in [6, 6.07) is 6.81. The van der Waals surface area contributed by atoms with Crippen molar-refractivity contribution in [2.75, 3.05) is 0 Å². The van der Waals surface area contributed by atoms with E-state index in [4.69, 9.17) is 4.99 Å². The fourth-order valence-electron chi connectivity index (χ4n) is 3.11. The average Bonchev–Trinajstić information content (AvgIpc) is 3.07. The minimum atomic E-state index is 0. The van der Waals surface area contributed by atoms with Crippen LogP contribution in [0.25, 0.3) is 11.4 Å². The number of rotatable bonds is 3. The highest BCUT2D eigenvalue weighted by atomic mass is 35.5. The second-order valence-corrected chi connectivity index (χ2v) is 6.14. The minimum absolute atomic E-state index is 0. The molecule has 2 aromatic rings. The first-order valence-electron chi connectivity index (χ1n) is 8.19. The van der Waals surface area contributed by atoms with Crippen LogP contribution in [0.3, 0.4) is 0 Å². The summed E-state index contributed by atoms with van der Waals surface area (Å²) in [6.07, 6.45) is 13.3. The quantitative estimate of drug-likeness (QED) is 0.724. The Morgan fingerprint density at radius 2 is 1.82 bits per heavy atom. The number of H-pyrrole nitrogens is 2.